The third-order valence-corrected chi connectivity index (χ3v) is 6.46. The SMILES string of the molecule is CC(C)CCNC(=O)Cn1cccc(NC(=O)C(CC/C=C/C(=O)O)NC(=O)c2ccc3c(c2)OCCN3C)c1=O. The van der Waals surface area contributed by atoms with Gasteiger partial charge in [-0.25, -0.2) is 4.79 Å². The van der Waals surface area contributed by atoms with Crippen LogP contribution in [0.3, 0.4) is 0 Å². The molecule has 0 bridgehead atoms. The van der Waals surface area contributed by atoms with Crippen LogP contribution < -0.4 is 31.1 Å². The van der Waals surface area contributed by atoms with Gasteiger partial charge in [-0.3, -0.25) is 19.2 Å². The third-order valence-electron chi connectivity index (χ3n) is 6.46. The van der Waals surface area contributed by atoms with Crippen LogP contribution in [0.2, 0.25) is 0 Å². The van der Waals surface area contributed by atoms with Gasteiger partial charge in [0.25, 0.3) is 11.5 Å². The van der Waals surface area contributed by atoms with Crippen molar-refractivity contribution >= 4 is 35.1 Å². The second-order valence-corrected chi connectivity index (χ2v) is 10.2. The van der Waals surface area contributed by atoms with Crippen molar-refractivity contribution in [1.82, 2.24) is 15.2 Å². The first kappa shape index (κ1) is 30.9. The van der Waals surface area contributed by atoms with Gasteiger partial charge in [0.2, 0.25) is 11.8 Å². The monoisotopic (exact) mass is 567 g/mol. The number of carboxylic acids is 1. The Bertz CT molecular complexity index is 1350. The fraction of sp³-hybridized carbons (Fsp3) is 0.414. The van der Waals surface area contributed by atoms with Gasteiger partial charge in [0, 0.05) is 31.4 Å². The van der Waals surface area contributed by atoms with E-state index in [1.54, 1.807) is 18.2 Å². The number of anilines is 2. The molecule has 12 heteroatoms. The summed E-state index contributed by atoms with van der Waals surface area (Å²) in [6.07, 6.45) is 4.84. The molecule has 1 aromatic heterocycles. The van der Waals surface area contributed by atoms with Gasteiger partial charge in [0.1, 0.15) is 30.6 Å². The van der Waals surface area contributed by atoms with Gasteiger partial charge >= 0.3 is 5.97 Å². The van der Waals surface area contributed by atoms with Crippen molar-refractivity contribution in [2.45, 2.75) is 45.7 Å². The van der Waals surface area contributed by atoms with Crippen LogP contribution >= 0.6 is 0 Å². The Hall–Kier alpha value is -4.61. The lowest BCUT2D eigenvalue weighted by atomic mass is 10.1. The van der Waals surface area contributed by atoms with Gasteiger partial charge in [0.15, 0.2) is 0 Å². The minimum absolute atomic E-state index is 0.0574. The highest BCUT2D eigenvalue weighted by molar-refractivity contribution is 6.01. The van der Waals surface area contributed by atoms with E-state index >= 15 is 0 Å². The number of carboxylic acid groups (broad SMARTS) is 1. The summed E-state index contributed by atoms with van der Waals surface area (Å²) in [6, 6.07) is 6.84. The van der Waals surface area contributed by atoms with Crippen molar-refractivity contribution in [3.05, 3.63) is 64.6 Å². The molecule has 1 atom stereocenters. The predicted molar refractivity (Wildman–Crippen MR) is 154 cm³/mol. The third kappa shape index (κ3) is 9.23. The maximum atomic E-state index is 13.2. The largest absolute Gasteiger partial charge is 0.490 e. The molecule has 0 aliphatic carbocycles. The molecule has 220 valence electrons. The number of aliphatic carboxylic acids is 1. The molecule has 4 N–H and O–H groups in total. The van der Waals surface area contributed by atoms with Crippen LogP contribution in [0.25, 0.3) is 0 Å². The van der Waals surface area contributed by atoms with Crippen molar-refractivity contribution in [3.63, 3.8) is 0 Å². The lowest BCUT2D eigenvalue weighted by molar-refractivity contribution is -0.131. The van der Waals surface area contributed by atoms with E-state index in [2.05, 4.69) is 16.0 Å². The number of amides is 3. The first-order valence-electron chi connectivity index (χ1n) is 13.5. The molecule has 1 aliphatic rings. The maximum absolute atomic E-state index is 13.2. The first-order valence-corrected chi connectivity index (χ1v) is 13.5. The number of fused-ring (bicyclic) bond motifs is 1. The van der Waals surface area contributed by atoms with E-state index in [-0.39, 0.29) is 36.5 Å². The minimum Gasteiger partial charge on any atom is -0.490 e. The number of hydrogen-bond donors (Lipinski definition) is 4. The van der Waals surface area contributed by atoms with E-state index in [4.69, 9.17) is 9.84 Å². The normalized spacial score (nSPS) is 13.3. The number of nitrogens with one attached hydrogen (secondary N) is 3. The average molecular weight is 568 g/mol. The van der Waals surface area contributed by atoms with E-state index in [0.29, 0.717) is 31.4 Å². The number of aromatic nitrogens is 1. The number of carbonyl (C=O) groups excluding carboxylic acids is 3. The van der Waals surface area contributed by atoms with E-state index in [1.165, 1.54) is 29.0 Å². The summed E-state index contributed by atoms with van der Waals surface area (Å²) in [4.78, 5) is 64.5. The molecule has 0 fully saturated rings. The number of carbonyl (C=O) groups is 4. The van der Waals surface area contributed by atoms with Gasteiger partial charge in [-0.15, -0.1) is 0 Å². The zero-order chi connectivity index (χ0) is 29.9. The Kier molecular flexibility index (Phi) is 11.1. The highest BCUT2D eigenvalue weighted by Gasteiger charge is 2.24. The van der Waals surface area contributed by atoms with E-state index < -0.39 is 29.4 Å². The number of hydrogen-bond acceptors (Lipinski definition) is 7. The zero-order valence-electron chi connectivity index (χ0n) is 23.5. The summed E-state index contributed by atoms with van der Waals surface area (Å²) in [7, 11) is 1.92. The molecule has 0 spiro atoms. The summed E-state index contributed by atoms with van der Waals surface area (Å²) in [5, 5.41) is 16.9. The average Bonchev–Trinajstić information content (AvgIpc) is 2.92. The van der Waals surface area contributed by atoms with Crippen molar-refractivity contribution in [2.75, 3.05) is 37.0 Å². The standard InChI is InChI=1S/C29H37N5O7/c1-19(2)12-13-30-25(35)18-34-14-6-8-22(29(34)40)32-28(39)21(7-4-5-9-26(36)37)31-27(38)20-10-11-23-24(17-20)41-16-15-33(23)3/h5-6,8-11,14,17,19,21H,4,7,12-13,15-16,18H2,1-3H3,(H,30,35)(H,31,38)(H,32,39)(H,36,37)/b9-5+. The van der Waals surface area contributed by atoms with Crippen molar-refractivity contribution < 1.29 is 29.0 Å². The van der Waals surface area contributed by atoms with Gasteiger partial charge in [-0.1, -0.05) is 19.9 Å². The molecule has 0 saturated carbocycles. The van der Waals surface area contributed by atoms with Crippen molar-refractivity contribution in [3.8, 4) is 5.75 Å². The van der Waals surface area contributed by atoms with E-state index in [0.717, 1.165) is 18.2 Å². The lowest BCUT2D eigenvalue weighted by Gasteiger charge is -2.28. The van der Waals surface area contributed by atoms with Crippen LogP contribution in [0.5, 0.6) is 5.75 Å². The molecular weight excluding hydrogens is 530 g/mol. The molecule has 12 nitrogen and oxygen atoms in total. The van der Waals surface area contributed by atoms with Crippen LogP contribution in [0.15, 0.2) is 53.5 Å². The van der Waals surface area contributed by atoms with Gasteiger partial charge < -0.3 is 35.3 Å². The topological polar surface area (TPSA) is 159 Å². The first-order chi connectivity index (χ1) is 19.5. The molecular formula is C29H37N5O7. The van der Waals surface area contributed by atoms with Crippen LogP contribution in [-0.4, -0.2) is 66.2 Å². The Labute approximate surface area is 238 Å². The summed E-state index contributed by atoms with van der Waals surface area (Å²) in [5.41, 5.74) is 0.489. The van der Waals surface area contributed by atoms with Crippen LogP contribution in [0.4, 0.5) is 11.4 Å². The summed E-state index contributed by atoms with van der Waals surface area (Å²) in [6.45, 7) is 5.56. The maximum Gasteiger partial charge on any atom is 0.327 e. The lowest BCUT2D eigenvalue weighted by Crippen LogP contribution is -2.44. The summed E-state index contributed by atoms with van der Waals surface area (Å²) in [5.74, 6) is -1.68. The molecule has 41 heavy (non-hydrogen) atoms. The number of nitrogens with zero attached hydrogens (tertiary/aromatic N) is 2. The molecule has 3 amide bonds. The highest BCUT2D eigenvalue weighted by Crippen LogP contribution is 2.31. The second-order valence-electron chi connectivity index (χ2n) is 10.2. The number of allylic oxidation sites excluding steroid dienone is 1. The molecule has 2 heterocycles. The quantitative estimate of drug-likeness (QED) is 0.268. The smallest absolute Gasteiger partial charge is 0.327 e. The molecule has 0 radical (unpaired) electrons. The van der Waals surface area contributed by atoms with Crippen molar-refractivity contribution in [1.29, 1.82) is 0 Å². The number of likely N-dealkylation sites (N-methyl/N-ethyl adjacent to an activating group) is 1. The van der Waals surface area contributed by atoms with Crippen molar-refractivity contribution in [2.24, 2.45) is 5.92 Å². The fourth-order valence-corrected chi connectivity index (χ4v) is 4.14. The molecule has 1 unspecified atom stereocenters. The Morgan fingerprint density at radius 1 is 1.15 bits per heavy atom. The highest BCUT2D eigenvalue weighted by atomic mass is 16.5. The molecule has 0 saturated heterocycles. The summed E-state index contributed by atoms with van der Waals surface area (Å²) >= 11 is 0. The molecule has 2 aromatic rings. The number of ether oxygens (including phenoxy) is 1. The predicted octanol–water partition coefficient (Wildman–Crippen LogP) is 2.00. The number of pyridine rings is 1. The fourth-order valence-electron chi connectivity index (χ4n) is 4.14. The van der Waals surface area contributed by atoms with Crippen LogP contribution in [-0.2, 0) is 20.9 Å². The van der Waals surface area contributed by atoms with Gasteiger partial charge in [0.05, 0.1) is 12.2 Å². The van der Waals surface area contributed by atoms with Gasteiger partial charge in [-0.2, -0.15) is 0 Å². The van der Waals surface area contributed by atoms with Crippen LogP contribution in [0.1, 0.15) is 43.5 Å². The zero-order valence-corrected chi connectivity index (χ0v) is 23.5. The molecule has 1 aliphatic heterocycles. The minimum atomic E-state index is -1.13. The summed E-state index contributed by atoms with van der Waals surface area (Å²) < 4.78 is 6.86. The Morgan fingerprint density at radius 2 is 1.93 bits per heavy atom. The van der Waals surface area contributed by atoms with Crippen LogP contribution in [0, 0.1) is 5.92 Å². The Balaban J connectivity index is 1.73. The number of rotatable bonds is 13. The molecule has 3 rings (SSSR count). The second kappa shape index (κ2) is 14.7. The van der Waals surface area contributed by atoms with Gasteiger partial charge in [-0.05, 0) is 55.5 Å². The number of benzene rings is 1. The Morgan fingerprint density at radius 3 is 2.66 bits per heavy atom. The van der Waals surface area contributed by atoms with E-state index in [9.17, 15) is 24.0 Å². The molecule has 1 aromatic carbocycles. The van der Waals surface area contributed by atoms with E-state index in [1.807, 2.05) is 25.8 Å².